The first-order chi connectivity index (χ1) is 8.77. The molecule has 0 fully saturated rings. The highest BCUT2D eigenvalue weighted by atomic mass is 79.9. The molecule has 1 aromatic rings. The van der Waals surface area contributed by atoms with Gasteiger partial charge in [0.2, 0.25) is 10.0 Å². The summed E-state index contributed by atoms with van der Waals surface area (Å²) in [5, 5.41) is 19.3. The predicted octanol–water partition coefficient (Wildman–Crippen LogP) is 1.94. The Morgan fingerprint density at radius 3 is 2.74 bits per heavy atom. The highest BCUT2D eigenvalue weighted by Gasteiger charge is 2.27. The van der Waals surface area contributed by atoms with E-state index in [1.54, 1.807) is 0 Å². The summed E-state index contributed by atoms with van der Waals surface area (Å²) in [5.74, 6) is 0. The summed E-state index contributed by atoms with van der Waals surface area (Å²) in [6, 6.07) is 4.83. The standard InChI is InChI=1S/C10H10BrN3O4S/c1-7(4-5-12)13-19(17,18)10-6-8(11)2-3-9(10)14(15)16/h2-3,6-7,13H,4H2,1H3. The minimum absolute atomic E-state index is 0.0268. The molecular formula is C10H10BrN3O4S. The molecule has 0 spiro atoms. The average Bonchev–Trinajstić information content (AvgIpc) is 2.27. The van der Waals surface area contributed by atoms with Gasteiger partial charge >= 0.3 is 0 Å². The van der Waals surface area contributed by atoms with Gasteiger partial charge in [-0.05, 0) is 19.1 Å². The first-order valence-electron chi connectivity index (χ1n) is 5.11. The minimum atomic E-state index is -4.05. The van der Waals surface area contributed by atoms with Crippen molar-refractivity contribution in [2.45, 2.75) is 24.3 Å². The molecule has 0 heterocycles. The lowest BCUT2D eigenvalue weighted by molar-refractivity contribution is -0.387. The maximum atomic E-state index is 12.0. The van der Waals surface area contributed by atoms with Crippen LogP contribution < -0.4 is 4.72 Å². The van der Waals surface area contributed by atoms with Crippen LogP contribution in [-0.4, -0.2) is 19.4 Å². The first kappa shape index (κ1) is 15.6. The lowest BCUT2D eigenvalue weighted by Crippen LogP contribution is -2.32. The van der Waals surface area contributed by atoms with Gasteiger partial charge in [-0.3, -0.25) is 10.1 Å². The molecule has 0 aliphatic carbocycles. The molecule has 0 radical (unpaired) electrons. The van der Waals surface area contributed by atoms with Crippen molar-refractivity contribution in [3.05, 3.63) is 32.8 Å². The van der Waals surface area contributed by atoms with Crippen LogP contribution in [0.3, 0.4) is 0 Å². The van der Waals surface area contributed by atoms with Gasteiger partial charge in [-0.25, -0.2) is 13.1 Å². The fraction of sp³-hybridized carbons (Fsp3) is 0.300. The summed E-state index contributed by atoms with van der Waals surface area (Å²) >= 11 is 3.07. The van der Waals surface area contributed by atoms with Crippen molar-refractivity contribution >= 4 is 31.6 Å². The van der Waals surface area contributed by atoms with Crippen molar-refractivity contribution in [2.24, 2.45) is 0 Å². The summed E-state index contributed by atoms with van der Waals surface area (Å²) in [4.78, 5) is 9.64. The van der Waals surface area contributed by atoms with Crippen molar-refractivity contribution in [1.29, 1.82) is 5.26 Å². The number of nitro groups is 1. The van der Waals surface area contributed by atoms with Gasteiger partial charge in [0, 0.05) is 16.6 Å². The maximum Gasteiger partial charge on any atom is 0.289 e. The zero-order valence-electron chi connectivity index (χ0n) is 9.83. The summed E-state index contributed by atoms with van der Waals surface area (Å²) in [5.41, 5.74) is -0.514. The Labute approximate surface area is 118 Å². The van der Waals surface area contributed by atoms with E-state index in [9.17, 15) is 18.5 Å². The molecule has 1 atom stereocenters. The summed E-state index contributed by atoms with van der Waals surface area (Å²) in [7, 11) is -4.05. The Hall–Kier alpha value is -1.50. The second-order valence-corrected chi connectivity index (χ2v) is 6.35. The van der Waals surface area contributed by atoms with E-state index in [-0.39, 0.29) is 6.42 Å². The van der Waals surface area contributed by atoms with Crippen molar-refractivity contribution in [3.8, 4) is 6.07 Å². The Balaban J connectivity index is 3.25. The molecule has 0 bridgehead atoms. The van der Waals surface area contributed by atoms with E-state index < -0.39 is 31.6 Å². The number of halogens is 1. The molecule has 0 amide bonds. The fourth-order valence-electron chi connectivity index (χ4n) is 1.36. The Bertz CT molecular complexity index is 639. The summed E-state index contributed by atoms with van der Waals surface area (Å²) in [6.45, 7) is 1.50. The zero-order chi connectivity index (χ0) is 14.6. The third-order valence-corrected chi connectivity index (χ3v) is 4.27. The third kappa shape index (κ3) is 3.99. The van der Waals surface area contributed by atoms with Crippen LogP contribution in [-0.2, 0) is 10.0 Å². The van der Waals surface area contributed by atoms with Gasteiger partial charge in [0.25, 0.3) is 5.69 Å². The number of hydrogen-bond acceptors (Lipinski definition) is 5. The number of sulfonamides is 1. The largest absolute Gasteiger partial charge is 0.289 e. The van der Waals surface area contributed by atoms with Crippen LogP contribution in [0.1, 0.15) is 13.3 Å². The molecule has 0 aliphatic heterocycles. The monoisotopic (exact) mass is 347 g/mol. The Morgan fingerprint density at radius 1 is 1.58 bits per heavy atom. The molecule has 7 nitrogen and oxygen atoms in total. The highest BCUT2D eigenvalue weighted by molar-refractivity contribution is 9.10. The van der Waals surface area contributed by atoms with Crippen molar-refractivity contribution in [1.82, 2.24) is 4.72 Å². The van der Waals surface area contributed by atoms with Crippen molar-refractivity contribution < 1.29 is 13.3 Å². The Kier molecular flexibility index (Phi) is 4.99. The van der Waals surface area contributed by atoms with Crippen molar-refractivity contribution in [2.75, 3.05) is 0 Å². The molecule has 9 heteroatoms. The van der Waals surface area contributed by atoms with Crippen LogP contribution in [0.25, 0.3) is 0 Å². The SMILES string of the molecule is CC(CC#N)NS(=O)(=O)c1cc(Br)ccc1[N+](=O)[O-]. The molecule has 1 unspecified atom stereocenters. The normalized spacial score (nSPS) is 12.7. The molecule has 1 rings (SSSR count). The Morgan fingerprint density at radius 2 is 2.21 bits per heavy atom. The lowest BCUT2D eigenvalue weighted by atomic mass is 10.3. The van der Waals surface area contributed by atoms with Gasteiger partial charge in [0.05, 0.1) is 17.4 Å². The van der Waals surface area contributed by atoms with Crippen molar-refractivity contribution in [3.63, 3.8) is 0 Å². The fourth-order valence-corrected chi connectivity index (χ4v) is 3.31. The number of nitrogens with zero attached hydrogens (tertiary/aromatic N) is 2. The molecule has 0 aliphatic rings. The van der Waals surface area contributed by atoms with Gasteiger partial charge in [0.1, 0.15) is 0 Å². The van der Waals surface area contributed by atoms with Crippen LogP contribution in [0.15, 0.2) is 27.6 Å². The topological polar surface area (TPSA) is 113 Å². The summed E-state index contributed by atoms with van der Waals surface area (Å²) in [6.07, 6.45) is -0.0268. The number of hydrogen-bond donors (Lipinski definition) is 1. The zero-order valence-corrected chi connectivity index (χ0v) is 12.2. The van der Waals surface area contributed by atoms with E-state index in [4.69, 9.17) is 5.26 Å². The van der Waals surface area contributed by atoms with E-state index in [2.05, 4.69) is 20.7 Å². The molecule has 1 N–H and O–H groups in total. The molecule has 0 saturated carbocycles. The van der Waals surface area contributed by atoms with E-state index in [1.165, 1.54) is 13.0 Å². The van der Waals surface area contributed by atoms with Crippen LogP contribution in [0.4, 0.5) is 5.69 Å². The smallest absolute Gasteiger partial charge is 0.258 e. The van der Waals surface area contributed by atoms with Crippen LogP contribution in [0.2, 0.25) is 0 Å². The van der Waals surface area contributed by atoms with Gasteiger partial charge in [-0.1, -0.05) is 15.9 Å². The number of benzene rings is 1. The molecule has 0 aromatic heterocycles. The van der Waals surface area contributed by atoms with E-state index in [1.807, 2.05) is 6.07 Å². The molecule has 19 heavy (non-hydrogen) atoms. The van der Waals surface area contributed by atoms with Gasteiger partial charge in [-0.2, -0.15) is 5.26 Å². The second-order valence-electron chi connectivity index (χ2n) is 3.75. The van der Waals surface area contributed by atoms with Gasteiger partial charge in [0.15, 0.2) is 4.90 Å². The predicted molar refractivity (Wildman–Crippen MR) is 70.8 cm³/mol. The van der Waals surface area contributed by atoms with Crippen LogP contribution in [0, 0.1) is 21.4 Å². The number of rotatable bonds is 5. The quantitative estimate of drug-likeness (QED) is 0.645. The molecule has 0 saturated heterocycles. The van der Waals surface area contributed by atoms with E-state index in [0.29, 0.717) is 4.47 Å². The van der Waals surface area contributed by atoms with Gasteiger partial charge in [-0.15, -0.1) is 0 Å². The molecular weight excluding hydrogens is 338 g/mol. The maximum absolute atomic E-state index is 12.0. The highest BCUT2D eigenvalue weighted by Crippen LogP contribution is 2.27. The average molecular weight is 348 g/mol. The molecule has 102 valence electrons. The van der Waals surface area contributed by atoms with E-state index >= 15 is 0 Å². The second kappa shape index (κ2) is 6.10. The number of nitrogens with one attached hydrogen (secondary N) is 1. The number of nitriles is 1. The van der Waals surface area contributed by atoms with Crippen LogP contribution >= 0.6 is 15.9 Å². The molecule has 1 aromatic carbocycles. The first-order valence-corrected chi connectivity index (χ1v) is 7.38. The third-order valence-electron chi connectivity index (χ3n) is 2.16. The minimum Gasteiger partial charge on any atom is -0.258 e. The van der Waals surface area contributed by atoms with E-state index in [0.717, 1.165) is 12.1 Å². The number of nitro benzene ring substituents is 1. The van der Waals surface area contributed by atoms with Gasteiger partial charge < -0.3 is 0 Å². The lowest BCUT2D eigenvalue weighted by Gasteiger charge is -2.11. The summed E-state index contributed by atoms with van der Waals surface area (Å²) < 4.78 is 26.7. The van der Waals surface area contributed by atoms with Crippen LogP contribution in [0.5, 0.6) is 0 Å².